The van der Waals surface area contributed by atoms with Gasteiger partial charge >= 0.3 is 0 Å². The van der Waals surface area contributed by atoms with E-state index >= 15 is 0 Å². The van der Waals surface area contributed by atoms with E-state index in [9.17, 15) is 5.11 Å². The van der Waals surface area contributed by atoms with Crippen molar-refractivity contribution >= 4 is 11.0 Å². The second-order valence-electron chi connectivity index (χ2n) is 4.82. The predicted molar refractivity (Wildman–Crippen MR) is 74.0 cm³/mol. The molecule has 0 bridgehead atoms. The first kappa shape index (κ1) is 10.5. The van der Waals surface area contributed by atoms with Gasteiger partial charge in [-0.1, -0.05) is 30.3 Å². The van der Waals surface area contributed by atoms with Gasteiger partial charge < -0.3 is 5.11 Å². The standard InChI is InChI=1S/C16H12N2O/c19-14-7-3-6-12-16(14)18-13-9-8-10-4-1-2-5-11(10)15(13)17-12/h1-7,19H,8-9H2. The Balaban J connectivity index is 2.07. The number of rotatable bonds is 0. The number of benzene rings is 2. The molecule has 0 radical (unpaired) electrons. The summed E-state index contributed by atoms with van der Waals surface area (Å²) >= 11 is 0. The number of aryl methyl sites for hydroxylation is 2. The number of aromatic hydroxyl groups is 1. The van der Waals surface area contributed by atoms with Crippen LogP contribution >= 0.6 is 0 Å². The van der Waals surface area contributed by atoms with Crippen LogP contribution in [0.15, 0.2) is 42.5 Å². The smallest absolute Gasteiger partial charge is 0.143 e. The van der Waals surface area contributed by atoms with Crippen LogP contribution in [0.3, 0.4) is 0 Å². The van der Waals surface area contributed by atoms with Crippen molar-refractivity contribution in [2.24, 2.45) is 0 Å². The molecule has 19 heavy (non-hydrogen) atoms. The van der Waals surface area contributed by atoms with E-state index < -0.39 is 0 Å². The second kappa shape index (κ2) is 3.79. The summed E-state index contributed by atoms with van der Waals surface area (Å²) in [6.45, 7) is 0. The van der Waals surface area contributed by atoms with Crippen molar-refractivity contribution in [1.82, 2.24) is 9.97 Å². The summed E-state index contributed by atoms with van der Waals surface area (Å²) in [5.41, 5.74) is 5.77. The lowest BCUT2D eigenvalue weighted by Gasteiger charge is -2.18. The van der Waals surface area contributed by atoms with E-state index in [0.717, 1.165) is 29.7 Å². The van der Waals surface area contributed by atoms with E-state index in [0.29, 0.717) is 5.52 Å². The molecular formula is C16H12N2O. The van der Waals surface area contributed by atoms with Gasteiger partial charge in [0.15, 0.2) is 0 Å². The number of phenols is 1. The van der Waals surface area contributed by atoms with E-state index in [1.807, 2.05) is 12.1 Å². The molecule has 0 atom stereocenters. The van der Waals surface area contributed by atoms with Crippen molar-refractivity contribution in [3.8, 4) is 17.0 Å². The number of nitrogens with zero attached hydrogens (tertiary/aromatic N) is 2. The number of fused-ring (bicyclic) bond motifs is 4. The highest BCUT2D eigenvalue weighted by Crippen LogP contribution is 2.33. The third kappa shape index (κ3) is 1.51. The Hall–Kier alpha value is -2.42. The number of hydrogen-bond donors (Lipinski definition) is 1. The Kier molecular flexibility index (Phi) is 2.09. The summed E-state index contributed by atoms with van der Waals surface area (Å²) in [4.78, 5) is 9.30. The first-order valence-corrected chi connectivity index (χ1v) is 6.40. The van der Waals surface area contributed by atoms with E-state index in [1.54, 1.807) is 12.1 Å². The average Bonchev–Trinajstić information content (AvgIpc) is 2.46. The van der Waals surface area contributed by atoms with Gasteiger partial charge in [-0.25, -0.2) is 9.97 Å². The van der Waals surface area contributed by atoms with Crippen LogP contribution in [0, 0.1) is 0 Å². The zero-order valence-corrected chi connectivity index (χ0v) is 10.3. The highest BCUT2D eigenvalue weighted by molar-refractivity contribution is 5.84. The Morgan fingerprint density at radius 2 is 1.79 bits per heavy atom. The van der Waals surface area contributed by atoms with E-state index in [4.69, 9.17) is 4.98 Å². The molecule has 3 nitrogen and oxygen atoms in total. The minimum atomic E-state index is 0.201. The SMILES string of the molecule is Oc1cccc2nc3c(nc12)CCc1ccccc1-3. The number of aromatic nitrogens is 2. The molecule has 4 rings (SSSR count). The van der Waals surface area contributed by atoms with Gasteiger partial charge in [-0.05, 0) is 30.5 Å². The Labute approximate surface area is 110 Å². The fourth-order valence-corrected chi connectivity index (χ4v) is 2.71. The number of phenolic OH excluding ortho intramolecular Hbond substituents is 1. The summed E-state index contributed by atoms with van der Waals surface area (Å²) in [6, 6.07) is 13.7. The number of para-hydroxylation sites is 1. The van der Waals surface area contributed by atoms with Crippen LogP contribution in [-0.2, 0) is 12.8 Å². The zero-order chi connectivity index (χ0) is 12.8. The van der Waals surface area contributed by atoms with Crippen molar-refractivity contribution in [2.75, 3.05) is 0 Å². The van der Waals surface area contributed by atoms with Gasteiger partial charge in [0, 0.05) is 5.56 Å². The van der Waals surface area contributed by atoms with Crippen molar-refractivity contribution in [3.63, 3.8) is 0 Å². The normalized spacial score (nSPS) is 13.1. The third-order valence-corrected chi connectivity index (χ3v) is 3.65. The molecule has 1 heterocycles. The average molecular weight is 248 g/mol. The Morgan fingerprint density at radius 1 is 0.895 bits per heavy atom. The molecule has 1 aliphatic rings. The highest BCUT2D eigenvalue weighted by atomic mass is 16.3. The molecule has 0 saturated carbocycles. The van der Waals surface area contributed by atoms with Crippen LogP contribution in [0.4, 0.5) is 0 Å². The first-order chi connectivity index (χ1) is 9.33. The van der Waals surface area contributed by atoms with Crippen LogP contribution in [-0.4, -0.2) is 15.1 Å². The van der Waals surface area contributed by atoms with Crippen LogP contribution in [0.1, 0.15) is 11.3 Å². The summed E-state index contributed by atoms with van der Waals surface area (Å²) in [5, 5.41) is 9.87. The van der Waals surface area contributed by atoms with Crippen molar-refractivity contribution in [2.45, 2.75) is 12.8 Å². The van der Waals surface area contributed by atoms with Gasteiger partial charge in [0.25, 0.3) is 0 Å². The molecule has 0 fully saturated rings. The maximum Gasteiger partial charge on any atom is 0.143 e. The molecule has 1 aromatic heterocycles. The van der Waals surface area contributed by atoms with E-state index in [1.165, 1.54) is 11.1 Å². The van der Waals surface area contributed by atoms with Gasteiger partial charge in [0.05, 0.1) is 16.9 Å². The summed E-state index contributed by atoms with van der Waals surface area (Å²) < 4.78 is 0. The fourth-order valence-electron chi connectivity index (χ4n) is 2.71. The zero-order valence-electron chi connectivity index (χ0n) is 10.3. The molecular weight excluding hydrogens is 236 g/mol. The lowest BCUT2D eigenvalue weighted by molar-refractivity contribution is 0.480. The predicted octanol–water partition coefficient (Wildman–Crippen LogP) is 3.10. The van der Waals surface area contributed by atoms with Gasteiger partial charge in [-0.15, -0.1) is 0 Å². The molecule has 2 aromatic carbocycles. The van der Waals surface area contributed by atoms with Crippen LogP contribution in [0.5, 0.6) is 5.75 Å². The lowest BCUT2D eigenvalue weighted by atomic mass is 9.92. The molecule has 0 saturated heterocycles. The van der Waals surface area contributed by atoms with Crippen LogP contribution < -0.4 is 0 Å². The maximum absolute atomic E-state index is 9.87. The number of hydrogen-bond acceptors (Lipinski definition) is 3. The molecule has 3 aromatic rings. The van der Waals surface area contributed by atoms with Crippen molar-refractivity contribution < 1.29 is 5.11 Å². The molecule has 0 spiro atoms. The minimum absolute atomic E-state index is 0.201. The molecule has 0 unspecified atom stereocenters. The minimum Gasteiger partial charge on any atom is -0.506 e. The quantitative estimate of drug-likeness (QED) is 0.665. The Morgan fingerprint density at radius 3 is 2.74 bits per heavy atom. The van der Waals surface area contributed by atoms with E-state index in [2.05, 4.69) is 23.2 Å². The van der Waals surface area contributed by atoms with E-state index in [-0.39, 0.29) is 5.75 Å². The largest absolute Gasteiger partial charge is 0.506 e. The summed E-state index contributed by atoms with van der Waals surface area (Å²) in [5.74, 6) is 0.201. The molecule has 92 valence electrons. The maximum atomic E-state index is 9.87. The first-order valence-electron chi connectivity index (χ1n) is 6.40. The van der Waals surface area contributed by atoms with Gasteiger partial charge in [-0.2, -0.15) is 0 Å². The molecule has 3 heteroatoms. The second-order valence-corrected chi connectivity index (χ2v) is 4.82. The van der Waals surface area contributed by atoms with Gasteiger partial charge in [0.1, 0.15) is 11.3 Å². The Bertz CT molecular complexity index is 796. The molecule has 1 N–H and O–H groups in total. The summed E-state index contributed by atoms with van der Waals surface area (Å²) in [7, 11) is 0. The highest BCUT2D eigenvalue weighted by Gasteiger charge is 2.19. The van der Waals surface area contributed by atoms with Crippen LogP contribution in [0.2, 0.25) is 0 Å². The van der Waals surface area contributed by atoms with Crippen LogP contribution in [0.25, 0.3) is 22.3 Å². The topological polar surface area (TPSA) is 46.0 Å². The monoisotopic (exact) mass is 248 g/mol. The van der Waals surface area contributed by atoms with Crippen molar-refractivity contribution in [1.29, 1.82) is 0 Å². The van der Waals surface area contributed by atoms with Crippen molar-refractivity contribution in [3.05, 3.63) is 53.7 Å². The fraction of sp³-hybridized carbons (Fsp3) is 0.125. The lowest BCUT2D eigenvalue weighted by Crippen LogP contribution is -2.08. The molecule has 0 amide bonds. The summed E-state index contributed by atoms with van der Waals surface area (Å²) in [6.07, 6.45) is 1.86. The van der Waals surface area contributed by atoms with Gasteiger partial charge in [-0.3, -0.25) is 0 Å². The molecule has 1 aliphatic carbocycles. The molecule has 0 aliphatic heterocycles. The van der Waals surface area contributed by atoms with Gasteiger partial charge in [0.2, 0.25) is 0 Å². The third-order valence-electron chi connectivity index (χ3n) is 3.65.